The maximum Gasteiger partial charge on any atom is 0.326 e. The first-order valence-electron chi connectivity index (χ1n) is 12.9. The average molecular weight is 491 g/mol. The minimum atomic E-state index is -1.01. The summed E-state index contributed by atoms with van der Waals surface area (Å²) in [5, 5.41) is 20.9. The van der Waals surface area contributed by atoms with Crippen LogP contribution in [-0.2, 0) is 24.7 Å². The van der Waals surface area contributed by atoms with Crippen molar-refractivity contribution in [1.29, 1.82) is 0 Å². The number of carbonyl (C=O) groups is 2. The molecule has 3 N–H and O–H groups in total. The molecule has 0 aliphatic carbocycles. The molecule has 190 valence electrons. The molecular formula is C27H34N6O3. The van der Waals surface area contributed by atoms with Crippen LogP contribution in [-0.4, -0.2) is 68.9 Å². The molecule has 5 rings (SSSR count). The van der Waals surface area contributed by atoms with Crippen LogP contribution in [0.2, 0.25) is 0 Å². The number of likely N-dealkylation sites (tertiary alicyclic amines) is 1. The average Bonchev–Trinajstić information content (AvgIpc) is 3.51. The molecule has 0 bridgehead atoms. The summed E-state index contributed by atoms with van der Waals surface area (Å²) in [6, 6.07) is 8.81. The van der Waals surface area contributed by atoms with Crippen molar-refractivity contribution in [2.45, 2.75) is 44.6 Å². The third kappa shape index (κ3) is 5.36. The number of rotatable bonds is 9. The highest BCUT2D eigenvalue weighted by molar-refractivity contribution is 6.06. The Morgan fingerprint density at radius 3 is 3.03 bits per heavy atom. The Morgan fingerprint density at radius 2 is 2.17 bits per heavy atom. The SMILES string of the molecule is Cn1ncc2cccc(C(=O)NC(CCN3CC[C@@H](CCc4ccc5c(n4)NCCC5)C3)C(=O)O)c21. The number of para-hydroxylation sites is 1. The minimum Gasteiger partial charge on any atom is -0.480 e. The highest BCUT2D eigenvalue weighted by atomic mass is 16.4. The quantitative estimate of drug-likeness (QED) is 0.423. The fourth-order valence-corrected chi connectivity index (χ4v) is 5.43. The zero-order valence-electron chi connectivity index (χ0n) is 20.7. The second-order valence-corrected chi connectivity index (χ2v) is 10.00. The van der Waals surface area contributed by atoms with Crippen molar-refractivity contribution in [3.05, 3.63) is 53.3 Å². The van der Waals surface area contributed by atoms with E-state index in [0.717, 1.165) is 62.2 Å². The Morgan fingerprint density at radius 1 is 1.28 bits per heavy atom. The van der Waals surface area contributed by atoms with Crippen molar-refractivity contribution in [2.75, 3.05) is 31.5 Å². The summed E-state index contributed by atoms with van der Waals surface area (Å²) in [5.41, 5.74) is 3.59. The van der Waals surface area contributed by atoms with Crippen molar-refractivity contribution in [1.82, 2.24) is 25.0 Å². The molecule has 4 heterocycles. The topological polar surface area (TPSA) is 112 Å². The third-order valence-electron chi connectivity index (χ3n) is 7.47. The molecule has 1 fully saturated rings. The number of hydrogen-bond acceptors (Lipinski definition) is 6. The molecule has 2 aliphatic heterocycles. The van der Waals surface area contributed by atoms with Crippen molar-refractivity contribution >= 4 is 28.6 Å². The fourth-order valence-electron chi connectivity index (χ4n) is 5.43. The van der Waals surface area contributed by atoms with Crippen molar-refractivity contribution in [2.24, 2.45) is 13.0 Å². The van der Waals surface area contributed by atoms with E-state index in [1.165, 1.54) is 12.0 Å². The van der Waals surface area contributed by atoms with E-state index in [-0.39, 0.29) is 5.91 Å². The number of aliphatic carboxylic acids is 1. The number of nitrogens with zero attached hydrogens (tertiary/aromatic N) is 4. The lowest BCUT2D eigenvalue weighted by atomic mass is 10.00. The molecule has 36 heavy (non-hydrogen) atoms. The maximum atomic E-state index is 12.9. The lowest BCUT2D eigenvalue weighted by molar-refractivity contribution is -0.139. The molecule has 2 aliphatic rings. The molecule has 1 unspecified atom stereocenters. The van der Waals surface area contributed by atoms with E-state index in [2.05, 4.69) is 32.8 Å². The van der Waals surface area contributed by atoms with E-state index >= 15 is 0 Å². The summed E-state index contributed by atoms with van der Waals surface area (Å²) in [7, 11) is 1.77. The van der Waals surface area contributed by atoms with Crippen molar-refractivity contribution in [3.8, 4) is 0 Å². The van der Waals surface area contributed by atoms with Gasteiger partial charge in [-0.15, -0.1) is 0 Å². The number of benzene rings is 1. The molecular weight excluding hydrogens is 456 g/mol. The van der Waals surface area contributed by atoms with Gasteiger partial charge in [0.2, 0.25) is 0 Å². The molecule has 9 heteroatoms. The van der Waals surface area contributed by atoms with Gasteiger partial charge in [-0.25, -0.2) is 9.78 Å². The predicted octanol–water partition coefficient (Wildman–Crippen LogP) is 2.85. The van der Waals surface area contributed by atoms with Crippen LogP contribution in [0.5, 0.6) is 0 Å². The smallest absolute Gasteiger partial charge is 0.326 e. The zero-order valence-corrected chi connectivity index (χ0v) is 20.7. The number of hydrogen-bond donors (Lipinski definition) is 3. The summed E-state index contributed by atoms with van der Waals surface area (Å²) in [4.78, 5) is 32.0. The Kier molecular flexibility index (Phi) is 7.18. The van der Waals surface area contributed by atoms with Crippen LogP contribution < -0.4 is 10.6 Å². The van der Waals surface area contributed by atoms with Gasteiger partial charge in [-0.05, 0) is 68.7 Å². The number of carboxylic acids is 1. The van der Waals surface area contributed by atoms with Gasteiger partial charge in [0.1, 0.15) is 11.9 Å². The van der Waals surface area contributed by atoms with Gasteiger partial charge in [0.15, 0.2) is 0 Å². The second kappa shape index (κ2) is 10.7. The summed E-state index contributed by atoms with van der Waals surface area (Å²) in [6.07, 6.45) is 7.48. The number of nitrogens with one attached hydrogen (secondary N) is 2. The van der Waals surface area contributed by atoms with Crippen LogP contribution >= 0.6 is 0 Å². The molecule has 2 atom stereocenters. The number of carbonyl (C=O) groups excluding carboxylic acids is 1. The number of aromatic nitrogens is 3. The predicted molar refractivity (Wildman–Crippen MR) is 138 cm³/mol. The van der Waals surface area contributed by atoms with E-state index in [9.17, 15) is 14.7 Å². The standard InChI is InChI=1S/C27H34N6O3/c1-32-24-20(16-29-32)4-2-6-22(24)26(34)31-23(27(35)36)12-15-33-14-11-18(17-33)7-9-21-10-8-19-5-3-13-28-25(19)30-21/h2,4,6,8,10,16,18,23H,3,5,7,9,11-15,17H2,1H3,(H,28,30)(H,31,34)(H,35,36)/t18-,23?/m1/s1. The van der Waals surface area contributed by atoms with Gasteiger partial charge in [-0.1, -0.05) is 18.2 Å². The van der Waals surface area contributed by atoms with Crippen molar-refractivity contribution < 1.29 is 14.7 Å². The number of aryl methyl sites for hydroxylation is 3. The van der Waals surface area contributed by atoms with Gasteiger partial charge in [0.25, 0.3) is 5.91 Å². The van der Waals surface area contributed by atoms with E-state index in [0.29, 0.717) is 30.0 Å². The molecule has 3 aromatic rings. The highest BCUT2D eigenvalue weighted by Gasteiger charge is 2.27. The van der Waals surface area contributed by atoms with Crippen LogP contribution in [0.25, 0.3) is 10.9 Å². The van der Waals surface area contributed by atoms with Crippen LogP contribution in [0.1, 0.15) is 47.3 Å². The molecule has 1 aromatic carbocycles. The molecule has 1 amide bonds. The highest BCUT2D eigenvalue weighted by Crippen LogP contribution is 2.24. The maximum absolute atomic E-state index is 12.9. The van der Waals surface area contributed by atoms with Gasteiger partial charge in [0.05, 0.1) is 17.3 Å². The summed E-state index contributed by atoms with van der Waals surface area (Å²) >= 11 is 0. The molecule has 9 nitrogen and oxygen atoms in total. The van der Waals surface area contributed by atoms with Crippen LogP contribution in [0.15, 0.2) is 36.5 Å². The van der Waals surface area contributed by atoms with Crippen LogP contribution in [0, 0.1) is 5.92 Å². The third-order valence-corrected chi connectivity index (χ3v) is 7.47. The van der Waals surface area contributed by atoms with Gasteiger partial charge in [0, 0.05) is 37.8 Å². The Labute approximate surface area is 210 Å². The number of pyridine rings is 1. The zero-order chi connectivity index (χ0) is 25.1. The van der Waals surface area contributed by atoms with Gasteiger partial charge < -0.3 is 20.6 Å². The lowest BCUT2D eigenvalue weighted by Crippen LogP contribution is -2.43. The number of anilines is 1. The first-order valence-corrected chi connectivity index (χ1v) is 12.9. The van der Waals surface area contributed by atoms with E-state index in [4.69, 9.17) is 4.98 Å². The largest absolute Gasteiger partial charge is 0.480 e. The molecule has 1 saturated heterocycles. The van der Waals surface area contributed by atoms with E-state index < -0.39 is 12.0 Å². The summed E-state index contributed by atoms with van der Waals surface area (Å²) < 4.78 is 1.64. The molecule has 0 saturated carbocycles. The fraction of sp³-hybridized carbons (Fsp3) is 0.481. The van der Waals surface area contributed by atoms with Gasteiger partial charge in [-0.3, -0.25) is 9.48 Å². The summed E-state index contributed by atoms with van der Waals surface area (Å²) in [5.74, 6) is 0.232. The molecule has 0 radical (unpaired) electrons. The Balaban J connectivity index is 1.11. The number of fused-ring (bicyclic) bond motifs is 2. The van der Waals surface area contributed by atoms with E-state index in [1.54, 1.807) is 30.1 Å². The second-order valence-electron chi connectivity index (χ2n) is 10.00. The molecule has 0 spiro atoms. The normalized spacial score (nSPS) is 18.5. The minimum absolute atomic E-state index is 0.368. The van der Waals surface area contributed by atoms with Gasteiger partial charge >= 0.3 is 5.97 Å². The monoisotopic (exact) mass is 490 g/mol. The first kappa shape index (κ1) is 24.2. The van der Waals surface area contributed by atoms with Crippen LogP contribution in [0.4, 0.5) is 5.82 Å². The Bertz CT molecular complexity index is 1260. The van der Waals surface area contributed by atoms with Crippen molar-refractivity contribution in [3.63, 3.8) is 0 Å². The summed E-state index contributed by atoms with van der Waals surface area (Å²) in [6.45, 7) is 3.55. The Hall–Kier alpha value is -3.46. The van der Waals surface area contributed by atoms with Gasteiger partial charge in [-0.2, -0.15) is 5.10 Å². The number of carboxylic acid groups (broad SMARTS) is 1. The number of amides is 1. The molecule has 2 aromatic heterocycles. The van der Waals surface area contributed by atoms with E-state index in [1.807, 2.05) is 6.07 Å². The first-order chi connectivity index (χ1) is 17.5. The lowest BCUT2D eigenvalue weighted by Gasteiger charge is -2.20. The van der Waals surface area contributed by atoms with Crippen LogP contribution in [0.3, 0.4) is 0 Å².